The molecular weight excluding hydrogens is 435 g/mol. The third kappa shape index (κ3) is 4.09. The molecule has 3 aliphatic heterocycles. The minimum atomic E-state index is -1.06. The summed E-state index contributed by atoms with van der Waals surface area (Å²) in [4.78, 5) is 39.7. The number of alkyl halides is 2. The van der Waals surface area contributed by atoms with Crippen molar-refractivity contribution in [1.29, 1.82) is 0 Å². The highest BCUT2D eigenvalue weighted by molar-refractivity contribution is 6.53. The van der Waals surface area contributed by atoms with Gasteiger partial charge in [0.25, 0.3) is 5.91 Å². The molecule has 1 N–H and O–H groups in total. The van der Waals surface area contributed by atoms with E-state index in [9.17, 15) is 14.4 Å². The van der Waals surface area contributed by atoms with E-state index in [2.05, 4.69) is 10.2 Å². The van der Waals surface area contributed by atoms with Crippen molar-refractivity contribution in [2.45, 2.75) is 23.9 Å². The first kappa shape index (κ1) is 20.9. The Morgan fingerprint density at radius 1 is 1.27 bits per heavy atom. The molecule has 11 heteroatoms. The molecule has 3 aliphatic rings. The Hall–Kier alpha value is -2.39. The molecule has 2 fully saturated rings. The largest absolute Gasteiger partial charge is 0.489 e. The van der Waals surface area contributed by atoms with E-state index in [0.717, 1.165) is 5.69 Å². The van der Waals surface area contributed by atoms with Crippen LogP contribution in [-0.4, -0.2) is 79.1 Å². The third-order valence-electron chi connectivity index (χ3n) is 5.43. The highest BCUT2D eigenvalue weighted by Gasteiger charge is 2.37. The van der Waals surface area contributed by atoms with Crippen LogP contribution in [0.3, 0.4) is 0 Å². The summed E-state index contributed by atoms with van der Waals surface area (Å²) in [7, 11) is 0. The highest BCUT2D eigenvalue weighted by atomic mass is 35.5. The van der Waals surface area contributed by atoms with E-state index < -0.39 is 17.0 Å². The summed E-state index contributed by atoms with van der Waals surface area (Å²) in [6, 6.07) is 5.58. The Labute approximate surface area is 183 Å². The second-order valence-corrected chi connectivity index (χ2v) is 8.54. The Morgan fingerprint density at radius 3 is 2.80 bits per heavy atom. The van der Waals surface area contributed by atoms with Crippen molar-refractivity contribution in [1.82, 2.24) is 10.2 Å². The predicted molar refractivity (Wildman–Crippen MR) is 111 cm³/mol. The van der Waals surface area contributed by atoms with Crippen LogP contribution in [0.5, 0.6) is 5.75 Å². The first-order chi connectivity index (χ1) is 14.3. The van der Waals surface area contributed by atoms with Gasteiger partial charge in [0.05, 0.1) is 30.5 Å². The van der Waals surface area contributed by atoms with Crippen molar-refractivity contribution in [2.75, 3.05) is 49.1 Å². The van der Waals surface area contributed by atoms with Gasteiger partial charge < -0.3 is 24.6 Å². The number of fused-ring (bicyclic) bond motifs is 3. The van der Waals surface area contributed by atoms with Gasteiger partial charge in [-0.25, -0.2) is 4.79 Å². The fourth-order valence-corrected chi connectivity index (χ4v) is 4.24. The predicted octanol–water partition coefficient (Wildman–Crippen LogP) is 1.36. The van der Waals surface area contributed by atoms with Crippen LogP contribution in [0, 0.1) is 0 Å². The van der Waals surface area contributed by atoms with Crippen molar-refractivity contribution >= 4 is 52.5 Å². The Morgan fingerprint density at radius 2 is 2.07 bits per heavy atom. The molecule has 1 aromatic rings. The molecule has 0 aromatic heterocycles. The number of benzene rings is 1. The first-order valence-corrected chi connectivity index (χ1v) is 10.5. The molecule has 0 aliphatic carbocycles. The van der Waals surface area contributed by atoms with Crippen LogP contribution in [0.1, 0.15) is 6.92 Å². The molecule has 4 rings (SSSR count). The van der Waals surface area contributed by atoms with E-state index in [0.29, 0.717) is 44.2 Å². The number of rotatable bonds is 4. The number of carbonyl (C=O) groups is 3. The number of halogens is 2. The third-order valence-corrected chi connectivity index (χ3v) is 5.80. The van der Waals surface area contributed by atoms with Gasteiger partial charge in [0.2, 0.25) is 5.91 Å². The monoisotopic (exact) mass is 456 g/mol. The lowest BCUT2D eigenvalue weighted by Crippen LogP contribution is -2.59. The van der Waals surface area contributed by atoms with Crippen LogP contribution in [0.25, 0.3) is 0 Å². The summed E-state index contributed by atoms with van der Waals surface area (Å²) in [6.45, 7) is 4.09. The number of carbonyl (C=O) groups excluding carboxylic acids is 3. The number of amides is 3. The molecule has 2 atom stereocenters. The number of nitrogens with one attached hydrogen (secondary N) is 1. The molecule has 3 amide bonds. The minimum absolute atomic E-state index is 0.00641. The molecule has 0 saturated carbocycles. The summed E-state index contributed by atoms with van der Waals surface area (Å²) in [5, 5.41) is 2.66. The number of cyclic esters (lactones) is 1. The average Bonchev–Trinajstić information content (AvgIpc) is 3.11. The van der Waals surface area contributed by atoms with Gasteiger partial charge in [0.1, 0.15) is 18.5 Å². The van der Waals surface area contributed by atoms with Gasteiger partial charge >= 0.3 is 6.09 Å². The van der Waals surface area contributed by atoms with Gasteiger partial charge in [-0.1, -0.05) is 23.2 Å². The maximum absolute atomic E-state index is 12.3. The first-order valence-electron chi connectivity index (χ1n) is 9.66. The number of anilines is 2. The van der Waals surface area contributed by atoms with Crippen LogP contribution in [-0.2, 0) is 14.3 Å². The van der Waals surface area contributed by atoms with Crippen molar-refractivity contribution in [3.05, 3.63) is 18.2 Å². The van der Waals surface area contributed by atoms with Gasteiger partial charge in [-0.05, 0) is 12.1 Å². The van der Waals surface area contributed by atoms with Crippen LogP contribution in [0.15, 0.2) is 18.2 Å². The minimum Gasteiger partial charge on any atom is -0.489 e. The summed E-state index contributed by atoms with van der Waals surface area (Å²) >= 11 is 11.4. The zero-order valence-electron chi connectivity index (χ0n) is 16.3. The van der Waals surface area contributed by atoms with Crippen molar-refractivity contribution in [3.8, 4) is 5.75 Å². The molecule has 1 unspecified atom stereocenters. The summed E-state index contributed by atoms with van der Waals surface area (Å²) in [5.74, 6) is 0.213. The fourth-order valence-electron chi connectivity index (χ4n) is 3.96. The van der Waals surface area contributed by atoms with Crippen molar-refractivity contribution < 1.29 is 23.9 Å². The summed E-state index contributed by atoms with van der Waals surface area (Å²) in [5.41, 5.74) is 1.58. The molecule has 1 aromatic carbocycles. The Bertz CT molecular complexity index is 867. The van der Waals surface area contributed by atoms with Crippen LogP contribution >= 0.6 is 23.2 Å². The maximum atomic E-state index is 12.3. The Kier molecular flexibility index (Phi) is 5.84. The molecule has 9 nitrogen and oxygen atoms in total. The quantitative estimate of drug-likeness (QED) is 0.687. The fraction of sp³-hybridized carbons (Fsp3) is 0.526. The second kappa shape index (κ2) is 8.39. The lowest BCUT2D eigenvalue weighted by atomic mass is 10.1. The molecule has 30 heavy (non-hydrogen) atoms. The normalized spacial score (nSPS) is 22.9. The summed E-state index contributed by atoms with van der Waals surface area (Å²) < 4.78 is 11.3. The van der Waals surface area contributed by atoms with Crippen molar-refractivity contribution in [3.63, 3.8) is 0 Å². The molecule has 162 valence electrons. The van der Waals surface area contributed by atoms with E-state index in [-0.39, 0.29) is 24.4 Å². The molecule has 3 heterocycles. The van der Waals surface area contributed by atoms with E-state index in [4.69, 9.17) is 32.7 Å². The average molecular weight is 457 g/mol. The SMILES string of the molecule is CC(=O)NC[C@H]1CN(c2ccc3c(c2)OCC2CN(C(=O)C(Cl)Cl)CCN32)C(=O)O1. The smallest absolute Gasteiger partial charge is 0.414 e. The van der Waals surface area contributed by atoms with Gasteiger partial charge in [-0.15, -0.1) is 0 Å². The van der Waals surface area contributed by atoms with Gasteiger partial charge in [-0.3, -0.25) is 14.5 Å². The van der Waals surface area contributed by atoms with E-state index in [1.165, 1.54) is 11.8 Å². The topological polar surface area (TPSA) is 91.4 Å². The van der Waals surface area contributed by atoms with Crippen LogP contribution < -0.4 is 19.9 Å². The van der Waals surface area contributed by atoms with E-state index in [1.807, 2.05) is 18.2 Å². The van der Waals surface area contributed by atoms with E-state index in [1.54, 1.807) is 4.90 Å². The zero-order chi connectivity index (χ0) is 21.4. The standard InChI is InChI=1S/C19H22Cl2N4O5/c1-11(26)22-7-14-9-25(19(28)30-14)12-2-3-15-16(6-12)29-10-13-8-23(4-5-24(13)15)18(27)17(20)21/h2-3,6,13-14,17H,4-5,7-10H2,1H3,(H,22,26)/t13?,14-/m0/s1. The van der Waals surface area contributed by atoms with Crippen molar-refractivity contribution in [2.24, 2.45) is 0 Å². The molecule has 0 bridgehead atoms. The van der Waals surface area contributed by atoms with E-state index >= 15 is 0 Å². The zero-order valence-corrected chi connectivity index (χ0v) is 17.9. The highest BCUT2D eigenvalue weighted by Crippen LogP contribution is 2.39. The molecule has 0 spiro atoms. The number of hydrogen-bond acceptors (Lipinski definition) is 6. The van der Waals surface area contributed by atoms with Gasteiger partial charge in [-0.2, -0.15) is 0 Å². The molecule has 2 saturated heterocycles. The van der Waals surface area contributed by atoms with Gasteiger partial charge in [0, 0.05) is 32.6 Å². The molecule has 0 radical (unpaired) electrons. The maximum Gasteiger partial charge on any atom is 0.414 e. The number of ether oxygens (including phenoxy) is 2. The van der Waals surface area contributed by atoms with Crippen LogP contribution in [0.2, 0.25) is 0 Å². The second-order valence-electron chi connectivity index (χ2n) is 7.45. The molecular formula is C19H22Cl2N4O5. The Balaban J connectivity index is 1.45. The lowest BCUT2D eigenvalue weighted by molar-refractivity contribution is -0.130. The number of piperazine rings is 1. The summed E-state index contributed by atoms with van der Waals surface area (Å²) in [6.07, 6.45) is -0.858. The van der Waals surface area contributed by atoms with Gasteiger partial charge in [0.15, 0.2) is 4.84 Å². The number of hydrogen-bond donors (Lipinski definition) is 1. The van der Waals surface area contributed by atoms with Crippen LogP contribution in [0.4, 0.5) is 16.2 Å². The lowest BCUT2D eigenvalue weighted by Gasteiger charge is -2.45. The number of nitrogens with zero attached hydrogens (tertiary/aromatic N) is 3.